The SMILES string of the molecule is C=CCCOC(=O)N(CCC)[C@H]1CC(=NOC(C)(C)C)C2=C[C@H](CCCCO)[C@@H](CCCCO)[C@@H]3c4cc(Oc5ccc(SC)cc5)ccc4O[C@@]1(OCC=C)[C@H]23. The predicted octanol–water partition coefficient (Wildman–Crippen LogP) is 10.1. The fourth-order valence-electron chi connectivity index (χ4n) is 8.61. The summed E-state index contributed by atoms with van der Waals surface area (Å²) < 4.78 is 26.7. The molecule has 312 valence electrons. The summed E-state index contributed by atoms with van der Waals surface area (Å²) in [4.78, 5) is 23.3. The maximum Gasteiger partial charge on any atom is 0.410 e. The van der Waals surface area contributed by atoms with Crippen LogP contribution in [-0.4, -0.2) is 83.6 Å². The third-order valence-electron chi connectivity index (χ3n) is 11.0. The molecule has 3 aliphatic rings. The van der Waals surface area contributed by atoms with Gasteiger partial charge >= 0.3 is 6.09 Å². The molecule has 11 heteroatoms. The third kappa shape index (κ3) is 10.7. The van der Waals surface area contributed by atoms with Gasteiger partial charge in [0.1, 0.15) is 28.9 Å². The summed E-state index contributed by atoms with van der Waals surface area (Å²) in [5.41, 5.74) is 2.16. The topological polar surface area (TPSA) is 119 Å². The zero-order chi connectivity index (χ0) is 41.0. The van der Waals surface area contributed by atoms with Crippen molar-refractivity contribution < 1.29 is 38.8 Å². The fourth-order valence-corrected chi connectivity index (χ4v) is 9.02. The minimum atomic E-state index is -1.35. The Morgan fingerprint density at radius 2 is 1.75 bits per heavy atom. The Labute approximate surface area is 344 Å². The molecule has 1 fully saturated rings. The number of hydrogen-bond donors (Lipinski definition) is 2. The number of aliphatic hydroxyl groups excluding tert-OH is 2. The second-order valence-corrected chi connectivity index (χ2v) is 17.0. The summed E-state index contributed by atoms with van der Waals surface area (Å²) in [6.45, 7) is 16.8. The van der Waals surface area contributed by atoms with Gasteiger partial charge in [-0.25, -0.2) is 4.79 Å². The molecule has 5 rings (SSSR count). The molecule has 10 nitrogen and oxygen atoms in total. The number of allylic oxidation sites excluding steroid dienone is 1. The molecule has 2 aromatic rings. The number of amides is 1. The molecule has 0 aromatic heterocycles. The molecule has 6 atom stereocenters. The Morgan fingerprint density at radius 1 is 1.04 bits per heavy atom. The summed E-state index contributed by atoms with van der Waals surface area (Å²) in [6, 6.07) is 13.4. The molecule has 0 spiro atoms. The number of benzene rings is 2. The average molecular weight is 805 g/mol. The maximum absolute atomic E-state index is 14.2. The van der Waals surface area contributed by atoms with Crippen molar-refractivity contribution in [1.29, 1.82) is 0 Å². The van der Waals surface area contributed by atoms with E-state index in [4.69, 9.17) is 28.9 Å². The van der Waals surface area contributed by atoms with Gasteiger partial charge in [-0.3, -0.25) is 4.90 Å². The van der Waals surface area contributed by atoms with Crippen molar-refractivity contribution in [3.63, 3.8) is 0 Å². The lowest BCUT2D eigenvalue weighted by Crippen LogP contribution is -2.70. The van der Waals surface area contributed by atoms with E-state index in [-0.39, 0.29) is 44.2 Å². The van der Waals surface area contributed by atoms with Gasteiger partial charge in [0, 0.05) is 42.6 Å². The average Bonchev–Trinajstić information content (AvgIpc) is 3.20. The Hall–Kier alpha value is -3.77. The molecule has 2 N–H and O–H groups in total. The number of aliphatic hydroxyl groups is 2. The lowest BCUT2D eigenvalue weighted by atomic mass is 9.55. The molecule has 0 bridgehead atoms. The van der Waals surface area contributed by atoms with Gasteiger partial charge in [-0.2, -0.15) is 0 Å². The van der Waals surface area contributed by atoms with Crippen LogP contribution < -0.4 is 9.47 Å². The van der Waals surface area contributed by atoms with Crippen molar-refractivity contribution in [2.24, 2.45) is 22.9 Å². The summed E-state index contributed by atoms with van der Waals surface area (Å²) in [6.07, 6.45) is 13.7. The van der Waals surface area contributed by atoms with E-state index in [1.54, 1.807) is 28.8 Å². The molecule has 0 radical (unpaired) electrons. The van der Waals surface area contributed by atoms with Crippen LogP contribution in [0.1, 0.15) is 97.0 Å². The van der Waals surface area contributed by atoms with E-state index in [1.807, 2.05) is 70.3 Å². The third-order valence-corrected chi connectivity index (χ3v) is 11.7. The van der Waals surface area contributed by atoms with E-state index >= 15 is 0 Å². The number of fused-ring (bicyclic) bond motifs is 2. The zero-order valence-corrected chi connectivity index (χ0v) is 35.4. The van der Waals surface area contributed by atoms with Gasteiger partial charge in [-0.15, -0.1) is 24.9 Å². The summed E-state index contributed by atoms with van der Waals surface area (Å²) in [7, 11) is 0. The second kappa shape index (κ2) is 20.8. The lowest BCUT2D eigenvalue weighted by molar-refractivity contribution is -0.255. The molecule has 1 amide bonds. The molecule has 0 unspecified atom stereocenters. The highest BCUT2D eigenvalue weighted by Gasteiger charge is 2.65. The number of carbonyl (C=O) groups is 1. The van der Waals surface area contributed by atoms with E-state index in [9.17, 15) is 15.0 Å². The van der Waals surface area contributed by atoms with E-state index in [0.29, 0.717) is 50.1 Å². The first-order valence-electron chi connectivity index (χ1n) is 20.7. The first-order chi connectivity index (χ1) is 27.5. The van der Waals surface area contributed by atoms with Crippen molar-refractivity contribution in [2.45, 2.75) is 114 Å². The van der Waals surface area contributed by atoms with E-state index in [1.165, 1.54) is 0 Å². The first kappa shape index (κ1) is 44.3. The number of rotatable bonds is 21. The zero-order valence-electron chi connectivity index (χ0n) is 34.6. The minimum Gasteiger partial charge on any atom is -0.459 e. The van der Waals surface area contributed by atoms with Crippen LogP contribution in [0.5, 0.6) is 17.2 Å². The van der Waals surface area contributed by atoms with Crippen LogP contribution in [0.25, 0.3) is 0 Å². The van der Waals surface area contributed by atoms with Crippen LogP contribution >= 0.6 is 11.8 Å². The second-order valence-electron chi connectivity index (χ2n) is 16.1. The number of thioether (sulfide) groups is 1. The van der Waals surface area contributed by atoms with Crippen molar-refractivity contribution >= 4 is 23.6 Å². The Bertz CT molecular complexity index is 1700. The number of oxime groups is 1. The molecular formula is C46H64N2O8S. The molecule has 1 saturated carbocycles. The van der Waals surface area contributed by atoms with Crippen LogP contribution in [0.4, 0.5) is 4.79 Å². The van der Waals surface area contributed by atoms with Gasteiger partial charge < -0.3 is 34.0 Å². The highest BCUT2D eigenvalue weighted by molar-refractivity contribution is 7.98. The van der Waals surface area contributed by atoms with E-state index < -0.39 is 29.4 Å². The highest BCUT2D eigenvalue weighted by Crippen LogP contribution is 2.62. The molecule has 57 heavy (non-hydrogen) atoms. The van der Waals surface area contributed by atoms with Gasteiger partial charge in [0.25, 0.3) is 0 Å². The van der Waals surface area contributed by atoms with Crippen molar-refractivity contribution in [1.82, 2.24) is 4.90 Å². The molecule has 0 saturated heterocycles. The van der Waals surface area contributed by atoms with Gasteiger partial charge in [0.05, 0.1) is 24.8 Å². The van der Waals surface area contributed by atoms with Crippen LogP contribution in [-0.2, 0) is 14.3 Å². The number of ether oxygens (including phenoxy) is 4. The molecule has 1 aliphatic heterocycles. The highest BCUT2D eigenvalue weighted by atomic mass is 32.2. The lowest BCUT2D eigenvalue weighted by Gasteiger charge is -2.60. The quantitative estimate of drug-likeness (QED) is 0.0550. The predicted molar refractivity (Wildman–Crippen MR) is 227 cm³/mol. The molecule has 2 aromatic carbocycles. The minimum absolute atomic E-state index is 0.0946. The van der Waals surface area contributed by atoms with Crippen LogP contribution in [0.2, 0.25) is 0 Å². The molecule has 1 heterocycles. The Kier molecular flexibility index (Phi) is 16.2. The van der Waals surface area contributed by atoms with Gasteiger partial charge in [-0.05, 0) is 125 Å². The summed E-state index contributed by atoms with van der Waals surface area (Å²) >= 11 is 1.68. The van der Waals surface area contributed by atoms with Crippen molar-refractivity contribution in [2.75, 3.05) is 39.2 Å². The molecule has 2 aliphatic carbocycles. The Morgan fingerprint density at radius 3 is 2.40 bits per heavy atom. The summed E-state index contributed by atoms with van der Waals surface area (Å²) in [5, 5.41) is 24.7. The maximum atomic E-state index is 14.2. The summed E-state index contributed by atoms with van der Waals surface area (Å²) in [5.74, 6) is 0.356. The van der Waals surface area contributed by atoms with Crippen LogP contribution in [0.15, 0.2) is 89.5 Å². The Balaban J connectivity index is 1.77. The van der Waals surface area contributed by atoms with E-state index in [0.717, 1.165) is 53.2 Å². The smallest absolute Gasteiger partial charge is 0.410 e. The van der Waals surface area contributed by atoms with Gasteiger partial charge in [-0.1, -0.05) is 43.1 Å². The van der Waals surface area contributed by atoms with Crippen molar-refractivity contribution in [3.8, 4) is 17.2 Å². The van der Waals surface area contributed by atoms with Gasteiger partial charge in [0.2, 0.25) is 5.79 Å². The number of unbranched alkanes of at least 4 members (excludes halogenated alkanes) is 2. The largest absolute Gasteiger partial charge is 0.459 e. The van der Waals surface area contributed by atoms with Gasteiger partial charge in [0.15, 0.2) is 0 Å². The number of hydrogen-bond acceptors (Lipinski definition) is 10. The fraction of sp³-hybridized carbons (Fsp3) is 0.565. The number of carbonyl (C=O) groups excluding carboxylic acids is 1. The van der Waals surface area contributed by atoms with E-state index in [2.05, 4.69) is 25.3 Å². The first-order valence-corrected chi connectivity index (χ1v) is 21.9. The standard InChI is InChI=1S/C46H64N2O8S/c1-8-11-28-52-44(51)48(24-9-2)41-31-39(47-56-45(4,5)6)37-29-32(16-12-14-25-49)36(17-13-15-26-50)42-38-30-34(54-33-18-21-35(57-7)22-19-33)20-23-40(38)55-46(41,43(37)42)53-27-10-3/h8,10,18-23,29-30,32,36,41-43,49-50H,1,3,9,11-17,24-28,31H2,2,4-7H3/t32-,36+,41-,42+,43+,46+/m0/s1. The normalized spacial score (nSPS) is 24.4. The molecular weight excluding hydrogens is 741 g/mol. The van der Waals surface area contributed by atoms with Crippen LogP contribution in [0.3, 0.4) is 0 Å². The monoisotopic (exact) mass is 804 g/mol. The van der Waals surface area contributed by atoms with Crippen molar-refractivity contribution in [3.05, 3.63) is 85.0 Å². The van der Waals surface area contributed by atoms with Crippen LogP contribution in [0, 0.1) is 17.8 Å². The number of nitrogens with zero attached hydrogens (tertiary/aromatic N) is 2.